The number of aliphatic hydroxyl groups is 1. The number of ketones is 1. The van der Waals surface area contributed by atoms with Crippen molar-refractivity contribution >= 4 is 55.7 Å². The van der Waals surface area contributed by atoms with Crippen molar-refractivity contribution in [3.63, 3.8) is 0 Å². The molecule has 0 radical (unpaired) electrons. The predicted molar refractivity (Wildman–Crippen MR) is 131 cm³/mol. The Bertz CT molecular complexity index is 1450. The van der Waals surface area contributed by atoms with Crippen LogP contribution in [0.25, 0.3) is 16.0 Å². The number of aromatic nitrogens is 2. The summed E-state index contributed by atoms with van der Waals surface area (Å²) in [5.74, 6) is -2.05. The molecular weight excluding hydrogens is 493 g/mol. The van der Waals surface area contributed by atoms with E-state index in [0.717, 1.165) is 11.3 Å². The number of pyridine rings is 1. The smallest absolute Gasteiger partial charge is 0.301 e. The first-order valence-electron chi connectivity index (χ1n) is 10.6. The topological polar surface area (TPSA) is 92.6 Å². The third-order valence-electron chi connectivity index (χ3n) is 5.53. The Hall–Kier alpha value is -3.82. The minimum atomic E-state index is -0.967. The number of rotatable bonds is 5. The molecule has 176 valence electrons. The first-order chi connectivity index (χ1) is 16.9. The highest BCUT2D eigenvalue weighted by molar-refractivity contribution is 7.22. The number of benzene rings is 2. The monoisotopic (exact) mass is 509 g/mol. The highest BCUT2D eigenvalue weighted by Gasteiger charge is 2.48. The van der Waals surface area contributed by atoms with Crippen LogP contribution in [0.4, 0.5) is 9.52 Å². The summed E-state index contributed by atoms with van der Waals surface area (Å²) >= 11 is 6.94. The maximum absolute atomic E-state index is 14.0. The van der Waals surface area contributed by atoms with E-state index in [4.69, 9.17) is 16.3 Å². The van der Waals surface area contributed by atoms with E-state index in [1.54, 1.807) is 36.4 Å². The van der Waals surface area contributed by atoms with Gasteiger partial charge in [-0.3, -0.25) is 19.5 Å². The van der Waals surface area contributed by atoms with Gasteiger partial charge in [0.1, 0.15) is 17.3 Å². The molecule has 1 aliphatic rings. The highest BCUT2D eigenvalue weighted by Crippen LogP contribution is 2.44. The maximum Gasteiger partial charge on any atom is 0.301 e. The Kier molecular flexibility index (Phi) is 5.96. The van der Waals surface area contributed by atoms with Gasteiger partial charge in [-0.2, -0.15) is 0 Å². The Balaban J connectivity index is 1.68. The lowest BCUT2D eigenvalue weighted by Crippen LogP contribution is -2.29. The number of fused-ring (bicyclic) bond motifs is 1. The fourth-order valence-corrected chi connectivity index (χ4v) is 5.09. The van der Waals surface area contributed by atoms with Crippen molar-refractivity contribution in [1.29, 1.82) is 0 Å². The van der Waals surface area contributed by atoms with Crippen LogP contribution in [0.2, 0.25) is 5.02 Å². The van der Waals surface area contributed by atoms with Crippen molar-refractivity contribution in [2.24, 2.45) is 0 Å². The zero-order chi connectivity index (χ0) is 24.7. The summed E-state index contributed by atoms with van der Waals surface area (Å²) in [4.78, 5) is 36.1. The summed E-state index contributed by atoms with van der Waals surface area (Å²) in [7, 11) is 0. The molecule has 35 heavy (non-hydrogen) atoms. The van der Waals surface area contributed by atoms with Gasteiger partial charge in [-0.15, -0.1) is 0 Å². The zero-order valence-electron chi connectivity index (χ0n) is 18.2. The van der Waals surface area contributed by atoms with Crippen molar-refractivity contribution in [3.05, 3.63) is 88.5 Å². The van der Waals surface area contributed by atoms with Crippen LogP contribution < -0.4 is 9.64 Å². The molecule has 1 N–H and O–H groups in total. The molecule has 10 heteroatoms. The highest BCUT2D eigenvalue weighted by atomic mass is 35.5. The SMILES string of the molecule is CCOc1ccc(/C(O)=C2\C(=O)C(=O)N(c3nc4cc(Cl)c(F)cc4s3)C2c2ccncc2)cc1. The predicted octanol–water partition coefficient (Wildman–Crippen LogP) is 5.51. The van der Waals surface area contributed by atoms with Crippen LogP contribution in [-0.2, 0) is 9.59 Å². The quantitative estimate of drug-likeness (QED) is 0.217. The number of hydrogen-bond acceptors (Lipinski definition) is 7. The van der Waals surface area contributed by atoms with E-state index in [9.17, 15) is 19.1 Å². The lowest BCUT2D eigenvalue weighted by molar-refractivity contribution is -0.132. The Morgan fingerprint density at radius 1 is 1.17 bits per heavy atom. The molecule has 1 atom stereocenters. The van der Waals surface area contributed by atoms with Crippen molar-refractivity contribution in [3.8, 4) is 5.75 Å². The van der Waals surface area contributed by atoms with Gasteiger partial charge in [0.25, 0.3) is 5.78 Å². The van der Waals surface area contributed by atoms with Gasteiger partial charge >= 0.3 is 5.91 Å². The second kappa shape index (κ2) is 9.09. The van der Waals surface area contributed by atoms with E-state index >= 15 is 0 Å². The minimum absolute atomic E-state index is 0.0890. The van der Waals surface area contributed by atoms with Crippen LogP contribution in [0.5, 0.6) is 5.75 Å². The summed E-state index contributed by atoms with van der Waals surface area (Å²) in [5, 5.41) is 11.3. The van der Waals surface area contributed by atoms with Crippen molar-refractivity contribution in [1.82, 2.24) is 9.97 Å². The Morgan fingerprint density at radius 2 is 1.89 bits per heavy atom. The van der Waals surface area contributed by atoms with E-state index in [2.05, 4.69) is 9.97 Å². The molecular formula is C25H17ClFN3O4S. The molecule has 7 nitrogen and oxygen atoms in total. The van der Waals surface area contributed by atoms with Crippen molar-refractivity contribution in [2.75, 3.05) is 11.5 Å². The van der Waals surface area contributed by atoms with Gasteiger partial charge in [-0.1, -0.05) is 22.9 Å². The minimum Gasteiger partial charge on any atom is -0.507 e. The molecule has 1 fully saturated rings. The Labute approximate surface area is 208 Å². The van der Waals surface area contributed by atoms with E-state index in [1.165, 1.54) is 29.4 Å². The number of nitrogens with zero attached hydrogens (tertiary/aromatic N) is 3. The molecule has 1 aliphatic heterocycles. The third kappa shape index (κ3) is 4.02. The third-order valence-corrected chi connectivity index (χ3v) is 6.84. The molecule has 3 heterocycles. The van der Waals surface area contributed by atoms with Gasteiger partial charge in [0.2, 0.25) is 0 Å². The zero-order valence-corrected chi connectivity index (χ0v) is 19.8. The average Bonchev–Trinajstić information content (AvgIpc) is 3.37. The standard InChI is InChI=1S/C25H17ClFN3O4S/c1-2-34-15-5-3-14(4-6-15)22(31)20-21(13-7-9-28-10-8-13)30(24(33)23(20)32)25-29-18-11-16(26)17(27)12-19(18)35-25/h3-12,21,31H,2H2,1H3/b22-20+. The van der Waals surface area contributed by atoms with Gasteiger partial charge < -0.3 is 9.84 Å². The number of Topliss-reactive ketones (excluding diaryl/α,β-unsaturated/α-hetero) is 1. The molecule has 0 aliphatic carbocycles. The van der Waals surface area contributed by atoms with Crippen LogP contribution in [0.1, 0.15) is 24.1 Å². The fraction of sp³-hybridized carbons (Fsp3) is 0.120. The van der Waals surface area contributed by atoms with Crippen LogP contribution in [-0.4, -0.2) is 33.4 Å². The van der Waals surface area contributed by atoms with Gasteiger partial charge in [0.15, 0.2) is 5.13 Å². The molecule has 5 rings (SSSR count). The summed E-state index contributed by atoms with van der Waals surface area (Å²) in [5.41, 5.74) is 1.20. The summed E-state index contributed by atoms with van der Waals surface area (Å²) in [6, 6.07) is 11.5. The summed E-state index contributed by atoms with van der Waals surface area (Å²) < 4.78 is 19.9. The molecule has 1 saturated heterocycles. The summed E-state index contributed by atoms with van der Waals surface area (Å²) in [6.45, 7) is 2.34. The van der Waals surface area contributed by atoms with Crippen LogP contribution in [0.3, 0.4) is 0 Å². The van der Waals surface area contributed by atoms with Crippen molar-refractivity contribution in [2.45, 2.75) is 13.0 Å². The molecule has 0 bridgehead atoms. The van der Waals surface area contributed by atoms with Crippen LogP contribution in [0.15, 0.2) is 66.5 Å². The van der Waals surface area contributed by atoms with Gasteiger partial charge in [-0.05, 0) is 61.0 Å². The molecule has 0 saturated carbocycles. The largest absolute Gasteiger partial charge is 0.507 e. The van der Waals surface area contributed by atoms with Crippen molar-refractivity contribution < 1.29 is 23.8 Å². The first-order valence-corrected chi connectivity index (χ1v) is 11.8. The molecule has 1 amide bonds. The van der Waals surface area contributed by atoms with Gasteiger partial charge in [-0.25, -0.2) is 9.37 Å². The normalized spacial score (nSPS) is 17.3. The number of carbonyl (C=O) groups excluding carboxylic acids is 2. The second-order valence-electron chi connectivity index (χ2n) is 7.64. The average molecular weight is 510 g/mol. The summed E-state index contributed by atoms with van der Waals surface area (Å²) in [6.07, 6.45) is 3.06. The molecule has 4 aromatic rings. The van der Waals surface area contributed by atoms with Crippen LogP contribution in [0, 0.1) is 5.82 Å². The molecule has 1 unspecified atom stereocenters. The van der Waals surface area contributed by atoms with E-state index < -0.39 is 23.5 Å². The van der Waals surface area contributed by atoms with E-state index in [0.29, 0.717) is 33.7 Å². The van der Waals surface area contributed by atoms with Gasteiger partial charge in [0.05, 0.1) is 33.5 Å². The Morgan fingerprint density at radius 3 is 2.57 bits per heavy atom. The van der Waals surface area contributed by atoms with E-state index in [-0.39, 0.29) is 21.5 Å². The number of hydrogen-bond donors (Lipinski definition) is 1. The number of aliphatic hydroxyl groups excluding tert-OH is 1. The molecule has 2 aromatic carbocycles. The number of ether oxygens (including phenoxy) is 1. The number of carbonyl (C=O) groups is 2. The van der Waals surface area contributed by atoms with Crippen LogP contribution >= 0.6 is 22.9 Å². The van der Waals surface area contributed by atoms with Gasteiger partial charge in [0, 0.05) is 18.0 Å². The number of thiazole rings is 1. The number of anilines is 1. The maximum atomic E-state index is 14.0. The second-order valence-corrected chi connectivity index (χ2v) is 9.05. The number of halogens is 2. The van der Waals surface area contributed by atoms with E-state index in [1.807, 2.05) is 6.92 Å². The lowest BCUT2D eigenvalue weighted by Gasteiger charge is -2.22. The first kappa shape index (κ1) is 22.9. The fourth-order valence-electron chi connectivity index (χ4n) is 3.94. The molecule has 2 aromatic heterocycles. The molecule has 0 spiro atoms. The lowest BCUT2D eigenvalue weighted by atomic mass is 9.96. The number of amides is 1.